The van der Waals surface area contributed by atoms with Gasteiger partial charge in [0.15, 0.2) is 11.6 Å². The highest BCUT2D eigenvalue weighted by Gasteiger charge is 2.01. The van der Waals surface area contributed by atoms with Gasteiger partial charge in [0.1, 0.15) is 0 Å². The van der Waals surface area contributed by atoms with Crippen LogP contribution in [0, 0.1) is 11.6 Å². The molecule has 1 aromatic rings. The van der Waals surface area contributed by atoms with E-state index in [0.717, 1.165) is 30.2 Å². The Balaban J connectivity index is 2.53. The summed E-state index contributed by atoms with van der Waals surface area (Å²) in [6.07, 6.45) is 2.86. The van der Waals surface area contributed by atoms with Crippen LogP contribution in [-0.4, -0.2) is 5.33 Å². The summed E-state index contributed by atoms with van der Waals surface area (Å²) < 4.78 is 25.2. The van der Waals surface area contributed by atoms with Gasteiger partial charge in [-0.25, -0.2) is 8.78 Å². The van der Waals surface area contributed by atoms with E-state index in [0.29, 0.717) is 0 Å². The van der Waals surface area contributed by atoms with Crippen molar-refractivity contribution >= 4 is 15.9 Å². The fourth-order valence-corrected chi connectivity index (χ4v) is 1.52. The van der Waals surface area contributed by atoms with Crippen molar-refractivity contribution in [3.8, 4) is 0 Å². The number of hydrogen-bond donors (Lipinski definition) is 0. The van der Waals surface area contributed by atoms with Crippen LogP contribution in [0.2, 0.25) is 0 Å². The van der Waals surface area contributed by atoms with Crippen LogP contribution in [-0.2, 0) is 6.42 Å². The van der Waals surface area contributed by atoms with Gasteiger partial charge in [-0.1, -0.05) is 22.0 Å². The molecule has 0 fully saturated rings. The summed E-state index contributed by atoms with van der Waals surface area (Å²) in [4.78, 5) is 0. The molecule has 0 aliphatic carbocycles. The average molecular weight is 249 g/mol. The van der Waals surface area contributed by atoms with Crippen molar-refractivity contribution < 1.29 is 8.78 Å². The SMILES string of the molecule is Fc1ccc(CCCCBr)cc1F. The van der Waals surface area contributed by atoms with Crippen molar-refractivity contribution in [3.63, 3.8) is 0 Å². The van der Waals surface area contributed by atoms with E-state index in [1.54, 1.807) is 6.07 Å². The van der Waals surface area contributed by atoms with Gasteiger partial charge in [-0.2, -0.15) is 0 Å². The predicted octanol–water partition coefficient (Wildman–Crippen LogP) is 3.68. The Labute approximate surface area is 85.1 Å². The van der Waals surface area contributed by atoms with Crippen LogP contribution < -0.4 is 0 Å². The molecule has 0 saturated heterocycles. The number of hydrogen-bond acceptors (Lipinski definition) is 0. The van der Waals surface area contributed by atoms with Gasteiger partial charge in [-0.05, 0) is 37.0 Å². The first kappa shape index (κ1) is 10.6. The number of benzene rings is 1. The molecule has 1 aromatic carbocycles. The maximum atomic E-state index is 12.7. The summed E-state index contributed by atoms with van der Waals surface area (Å²) in [6, 6.07) is 4.08. The zero-order valence-electron chi connectivity index (χ0n) is 7.19. The van der Waals surface area contributed by atoms with Crippen LogP contribution in [0.5, 0.6) is 0 Å². The van der Waals surface area contributed by atoms with E-state index >= 15 is 0 Å². The van der Waals surface area contributed by atoms with Gasteiger partial charge >= 0.3 is 0 Å². The molecule has 1 rings (SSSR count). The Morgan fingerprint density at radius 2 is 1.85 bits per heavy atom. The third kappa shape index (κ3) is 3.43. The highest BCUT2D eigenvalue weighted by Crippen LogP contribution is 2.11. The Kier molecular flexibility index (Phi) is 4.36. The Morgan fingerprint density at radius 3 is 2.46 bits per heavy atom. The van der Waals surface area contributed by atoms with Crippen molar-refractivity contribution in [2.45, 2.75) is 19.3 Å². The minimum Gasteiger partial charge on any atom is -0.204 e. The molecule has 0 amide bonds. The molecule has 3 heteroatoms. The second kappa shape index (κ2) is 5.32. The van der Waals surface area contributed by atoms with Crippen LogP contribution in [0.1, 0.15) is 18.4 Å². The summed E-state index contributed by atoms with van der Waals surface area (Å²) in [5, 5.41) is 0.955. The lowest BCUT2D eigenvalue weighted by molar-refractivity contribution is 0.506. The number of unbranched alkanes of at least 4 members (excludes halogenated alkanes) is 1. The smallest absolute Gasteiger partial charge is 0.159 e. The van der Waals surface area contributed by atoms with Gasteiger partial charge in [0.25, 0.3) is 0 Å². The summed E-state index contributed by atoms with van der Waals surface area (Å²) in [5.74, 6) is -1.53. The van der Waals surface area contributed by atoms with Gasteiger partial charge in [-0.3, -0.25) is 0 Å². The van der Waals surface area contributed by atoms with Crippen LogP contribution in [0.4, 0.5) is 8.78 Å². The van der Waals surface area contributed by atoms with Crippen LogP contribution in [0.3, 0.4) is 0 Å². The van der Waals surface area contributed by atoms with E-state index in [1.807, 2.05) is 0 Å². The average Bonchev–Trinajstić information content (AvgIpc) is 2.12. The molecule has 0 spiro atoms. The topological polar surface area (TPSA) is 0 Å². The van der Waals surface area contributed by atoms with Crippen LogP contribution in [0.15, 0.2) is 18.2 Å². The zero-order chi connectivity index (χ0) is 9.68. The highest BCUT2D eigenvalue weighted by molar-refractivity contribution is 9.09. The summed E-state index contributed by atoms with van der Waals surface area (Å²) in [7, 11) is 0. The molecule has 13 heavy (non-hydrogen) atoms. The maximum Gasteiger partial charge on any atom is 0.159 e. The first-order valence-electron chi connectivity index (χ1n) is 4.24. The summed E-state index contributed by atoms with van der Waals surface area (Å²) in [6.45, 7) is 0. The van der Waals surface area contributed by atoms with Crippen molar-refractivity contribution in [3.05, 3.63) is 35.4 Å². The van der Waals surface area contributed by atoms with E-state index in [-0.39, 0.29) is 0 Å². The quantitative estimate of drug-likeness (QED) is 0.564. The molecule has 0 nitrogen and oxygen atoms in total. The molecule has 72 valence electrons. The Morgan fingerprint density at radius 1 is 1.08 bits per heavy atom. The molecule has 0 bridgehead atoms. The standard InChI is InChI=1S/C10H11BrF2/c11-6-2-1-3-8-4-5-9(12)10(13)7-8/h4-5,7H,1-3,6H2. The van der Waals surface area contributed by atoms with Crippen LogP contribution >= 0.6 is 15.9 Å². The molecule has 0 saturated carbocycles. The van der Waals surface area contributed by atoms with E-state index < -0.39 is 11.6 Å². The predicted molar refractivity (Wildman–Crippen MR) is 53.1 cm³/mol. The Hall–Kier alpha value is -0.440. The van der Waals surface area contributed by atoms with Gasteiger partial charge in [-0.15, -0.1) is 0 Å². The first-order valence-corrected chi connectivity index (χ1v) is 5.36. The lowest BCUT2D eigenvalue weighted by Gasteiger charge is -2.00. The molecule has 0 unspecified atom stereocenters. The molecule has 0 atom stereocenters. The van der Waals surface area contributed by atoms with E-state index in [2.05, 4.69) is 15.9 Å². The molecular weight excluding hydrogens is 238 g/mol. The molecule has 0 aromatic heterocycles. The third-order valence-corrected chi connectivity index (χ3v) is 2.39. The van der Waals surface area contributed by atoms with Crippen molar-refractivity contribution in [1.82, 2.24) is 0 Å². The van der Waals surface area contributed by atoms with E-state index in [1.165, 1.54) is 12.1 Å². The van der Waals surface area contributed by atoms with Gasteiger partial charge in [0, 0.05) is 5.33 Å². The molecule has 0 radical (unpaired) electrons. The van der Waals surface area contributed by atoms with E-state index in [9.17, 15) is 8.78 Å². The molecule has 0 N–H and O–H groups in total. The largest absolute Gasteiger partial charge is 0.204 e. The second-order valence-corrected chi connectivity index (χ2v) is 3.69. The summed E-state index contributed by atoms with van der Waals surface area (Å²) in [5.41, 5.74) is 0.861. The lowest BCUT2D eigenvalue weighted by Crippen LogP contribution is -1.90. The first-order chi connectivity index (χ1) is 6.24. The number of aryl methyl sites for hydroxylation is 1. The minimum atomic E-state index is -0.774. The summed E-state index contributed by atoms with van der Waals surface area (Å²) >= 11 is 3.31. The molecule has 0 aliphatic heterocycles. The van der Waals surface area contributed by atoms with Crippen molar-refractivity contribution in [2.75, 3.05) is 5.33 Å². The van der Waals surface area contributed by atoms with Gasteiger partial charge < -0.3 is 0 Å². The normalized spacial score (nSPS) is 10.4. The fourth-order valence-electron chi connectivity index (χ4n) is 1.12. The monoisotopic (exact) mass is 248 g/mol. The molecule has 0 aliphatic rings. The number of halogens is 3. The second-order valence-electron chi connectivity index (χ2n) is 2.89. The van der Waals surface area contributed by atoms with Gasteiger partial charge in [0.2, 0.25) is 0 Å². The molecular formula is C10H11BrF2. The fraction of sp³-hybridized carbons (Fsp3) is 0.400. The van der Waals surface area contributed by atoms with Crippen molar-refractivity contribution in [1.29, 1.82) is 0 Å². The van der Waals surface area contributed by atoms with Gasteiger partial charge in [0.05, 0.1) is 0 Å². The zero-order valence-corrected chi connectivity index (χ0v) is 8.78. The van der Waals surface area contributed by atoms with Crippen LogP contribution in [0.25, 0.3) is 0 Å². The minimum absolute atomic E-state index is 0.753. The maximum absolute atomic E-state index is 12.7. The van der Waals surface area contributed by atoms with Crippen molar-refractivity contribution in [2.24, 2.45) is 0 Å². The lowest BCUT2D eigenvalue weighted by atomic mass is 10.1. The number of rotatable bonds is 4. The molecule has 0 heterocycles. The third-order valence-electron chi connectivity index (χ3n) is 1.83. The number of alkyl halides is 1. The van der Waals surface area contributed by atoms with E-state index in [4.69, 9.17) is 0 Å². The highest BCUT2D eigenvalue weighted by atomic mass is 79.9. The Bertz CT molecular complexity index is 274.